The van der Waals surface area contributed by atoms with Gasteiger partial charge in [0.1, 0.15) is 0 Å². The van der Waals surface area contributed by atoms with Crippen LogP contribution in [0.25, 0.3) is 0 Å². The molecular formula is C14H30IN3O. The first-order chi connectivity index (χ1) is 8.50. The molecule has 2 atom stereocenters. The Balaban J connectivity index is 0.00000324. The second kappa shape index (κ2) is 9.80. The molecule has 1 aliphatic heterocycles. The van der Waals surface area contributed by atoms with E-state index in [0.717, 1.165) is 26.1 Å². The van der Waals surface area contributed by atoms with E-state index in [1.54, 1.807) is 0 Å². The van der Waals surface area contributed by atoms with Gasteiger partial charge in [0.2, 0.25) is 0 Å². The second-order valence-corrected chi connectivity index (χ2v) is 5.98. The van der Waals surface area contributed by atoms with Gasteiger partial charge in [0.15, 0.2) is 5.96 Å². The molecule has 1 saturated heterocycles. The molecule has 0 aromatic rings. The van der Waals surface area contributed by atoms with E-state index in [9.17, 15) is 0 Å². The Morgan fingerprint density at radius 3 is 2.63 bits per heavy atom. The number of nitrogens with zero attached hydrogens (tertiary/aromatic N) is 1. The molecule has 0 spiro atoms. The predicted octanol–water partition coefficient (Wildman–Crippen LogP) is 2.62. The summed E-state index contributed by atoms with van der Waals surface area (Å²) in [6, 6.07) is 0. The molecule has 1 heterocycles. The van der Waals surface area contributed by atoms with E-state index in [-0.39, 0.29) is 24.0 Å². The van der Waals surface area contributed by atoms with E-state index in [4.69, 9.17) is 10.5 Å². The highest BCUT2D eigenvalue weighted by atomic mass is 127. The molecule has 0 aliphatic carbocycles. The van der Waals surface area contributed by atoms with Crippen LogP contribution in [0.4, 0.5) is 0 Å². The molecule has 4 nitrogen and oxygen atoms in total. The zero-order valence-corrected chi connectivity index (χ0v) is 15.0. The number of ether oxygens (including phenoxy) is 1. The largest absolute Gasteiger partial charge is 0.378 e. The van der Waals surface area contributed by atoms with Gasteiger partial charge in [0.05, 0.1) is 6.10 Å². The van der Waals surface area contributed by atoms with Gasteiger partial charge in [-0.3, -0.25) is 4.99 Å². The van der Waals surface area contributed by atoms with E-state index >= 15 is 0 Å². The van der Waals surface area contributed by atoms with E-state index in [1.165, 1.54) is 6.42 Å². The number of guanidine groups is 1. The SMILES string of the molecule is CC(C)CN=C(N)NCC1CCCOC1C(C)C.I. The highest BCUT2D eigenvalue weighted by Gasteiger charge is 2.28. The standard InChI is InChI=1S/C14H29N3O.HI/c1-10(2)8-16-14(15)17-9-12-6-5-7-18-13(12)11(3)4;/h10-13H,5-9H2,1-4H3,(H3,15,16,17);1H. The number of halogens is 1. The predicted molar refractivity (Wildman–Crippen MR) is 92.0 cm³/mol. The van der Waals surface area contributed by atoms with Gasteiger partial charge in [-0.15, -0.1) is 24.0 Å². The molecule has 0 amide bonds. The summed E-state index contributed by atoms with van der Waals surface area (Å²) in [5.74, 6) is 2.22. The van der Waals surface area contributed by atoms with Crippen molar-refractivity contribution in [3.8, 4) is 0 Å². The maximum absolute atomic E-state index is 5.86. The number of rotatable bonds is 5. The Morgan fingerprint density at radius 2 is 2.05 bits per heavy atom. The molecule has 114 valence electrons. The summed E-state index contributed by atoms with van der Waals surface area (Å²) in [4.78, 5) is 4.32. The Labute approximate surface area is 135 Å². The molecule has 5 heteroatoms. The molecule has 0 saturated carbocycles. The summed E-state index contributed by atoms with van der Waals surface area (Å²) in [6.07, 6.45) is 2.72. The molecule has 1 rings (SSSR count). The lowest BCUT2D eigenvalue weighted by atomic mass is 9.87. The average Bonchev–Trinajstić information content (AvgIpc) is 2.34. The minimum atomic E-state index is 0. The topological polar surface area (TPSA) is 59.6 Å². The van der Waals surface area contributed by atoms with Crippen molar-refractivity contribution in [3.63, 3.8) is 0 Å². The molecule has 0 bridgehead atoms. The first kappa shape index (κ1) is 19.0. The fourth-order valence-electron chi connectivity index (χ4n) is 2.39. The summed E-state index contributed by atoms with van der Waals surface area (Å²) in [5.41, 5.74) is 5.86. The van der Waals surface area contributed by atoms with Crippen LogP contribution in [0.2, 0.25) is 0 Å². The third-order valence-corrected chi connectivity index (χ3v) is 3.32. The van der Waals surface area contributed by atoms with E-state index in [0.29, 0.717) is 29.8 Å². The van der Waals surface area contributed by atoms with Crippen molar-refractivity contribution >= 4 is 29.9 Å². The van der Waals surface area contributed by atoms with Crippen molar-refractivity contribution in [2.45, 2.75) is 46.6 Å². The van der Waals surface area contributed by atoms with Crippen LogP contribution in [0.3, 0.4) is 0 Å². The minimum Gasteiger partial charge on any atom is -0.378 e. The lowest BCUT2D eigenvalue weighted by Crippen LogP contribution is -2.43. The Kier molecular flexibility index (Phi) is 9.78. The minimum absolute atomic E-state index is 0. The van der Waals surface area contributed by atoms with Crippen LogP contribution in [0.5, 0.6) is 0 Å². The van der Waals surface area contributed by atoms with Crippen molar-refractivity contribution < 1.29 is 4.74 Å². The van der Waals surface area contributed by atoms with Crippen LogP contribution in [0, 0.1) is 17.8 Å². The molecule has 2 unspecified atom stereocenters. The summed E-state index contributed by atoms with van der Waals surface area (Å²) >= 11 is 0. The summed E-state index contributed by atoms with van der Waals surface area (Å²) in [6.45, 7) is 11.3. The molecule has 19 heavy (non-hydrogen) atoms. The maximum atomic E-state index is 5.86. The van der Waals surface area contributed by atoms with Crippen LogP contribution in [0.1, 0.15) is 40.5 Å². The van der Waals surface area contributed by atoms with Gasteiger partial charge < -0.3 is 15.8 Å². The molecule has 0 aromatic heterocycles. The molecule has 0 radical (unpaired) electrons. The molecule has 1 aliphatic rings. The normalized spacial score (nSPS) is 24.4. The fourth-order valence-corrected chi connectivity index (χ4v) is 2.39. The first-order valence-electron chi connectivity index (χ1n) is 7.16. The lowest BCUT2D eigenvalue weighted by molar-refractivity contribution is -0.0504. The lowest BCUT2D eigenvalue weighted by Gasteiger charge is -2.34. The van der Waals surface area contributed by atoms with Crippen molar-refractivity contribution in [1.29, 1.82) is 0 Å². The van der Waals surface area contributed by atoms with Crippen molar-refractivity contribution in [2.75, 3.05) is 19.7 Å². The van der Waals surface area contributed by atoms with Gasteiger partial charge >= 0.3 is 0 Å². The zero-order valence-electron chi connectivity index (χ0n) is 12.7. The molecule has 3 N–H and O–H groups in total. The van der Waals surface area contributed by atoms with Gasteiger partial charge in [-0.05, 0) is 24.7 Å². The number of hydrogen-bond acceptors (Lipinski definition) is 2. The number of nitrogens with one attached hydrogen (secondary N) is 1. The smallest absolute Gasteiger partial charge is 0.188 e. The summed E-state index contributed by atoms with van der Waals surface area (Å²) in [7, 11) is 0. The fraction of sp³-hybridized carbons (Fsp3) is 0.929. The van der Waals surface area contributed by atoms with Gasteiger partial charge in [-0.1, -0.05) is 27.7 Å². The number of nitrogens with two attached hydrogens (primary N) is 1. The van der Waals surface area contributed by atoms with Gasteiger partial charge in [-0.2, -0.15) is 0 Å². The van der Waals surface area contributed by atoms with Crippen LogP contribution in [0.15, 0.2) is 4.99 Å². The quantitative estimate of drug-likeness (QED) is 0.436. The van der Waals surface area contributed by atoms with Crippen molar-refractivity contribution in [1.82, 2.24) is 5.32 Å². The average molecular weight is 383 g/mol. The highest BCUT2D eigenvalue weighted by Crippen LogP contribution is 2.25. The Hall–Kier alpha value is -0.0400. The third kappa shape index (κ3) is 7.34. The Morgan fingerprint density at radius 1 is 1.37 bits per heavy atom. The monoisotopic (exact) mass is 383 g/mol. The van der Waals surface area contributed by atoms with Gasteiger partial charge in [0, 0.05) is 25.6 Å². The van der Waals surface area contributed by atoms with Crippen molar-refractivity contribution in [2.24, 2.45) is 28.5 Å². The van der Waals surface area contributed by atoms with Crippen LogP contribution in [-0.2, 0) is 4.74 Å². The van der Waals surface area contributed by atoms with Crippen LogP contribution in [-0.4, -0.2) is 31.8 Å². The number of aliphatic imine (C=N–C) groups is 1. The van der Waals surface area contributed by atoms with Gasteiger partial charge in [0.25, 0.3) is 0 Å². The van der Waals surface area contributed by atoms with E-state index in [2.05, 4.69) is 38.0 Å². The van der Waals surface area contributed by atoms with Gasteiger partial charge in [-0.25, -0.2) is 0 Å². The second-order valence-electron chi connectivity index (χ2n) is 5.98. The first-order valence-corrected chi connectivity index (χ1v) is 7.16. The summed E-state index contributed by atoms with van der Waals surface area (Å²) < 4.78 is 5.86. The van der Waals surface area contributed by atoms with E-state index < -0.39 is 0 Å². The van der Waals surface area contributed by atoms with Crippen LogP contribution < -0.4 is 11.1 Å². The molecular weight excluding hydrogens is 353 g/mol. The molecule has 0 aromatic carbocycles. The third-order valence-electron chi connectivity index (χ3n) is 3.32. The zero-order chi connectivity index (χ0) is 13.5. The Bertz CT molecular complexity index is 269. The van der Waals surface area contributed by atoms with Crippen molar-refractivity contribution in [3.05, 3.63) is 0 Å². The molecule has 1 fully saturated rings. The number of hydrogen-bond donors (Lipinski definition) is 2. The maximum Gasteiger partial charge on any atom is 0.188 e. The summed E-state index contributed by atoms with van der Waals surface area (Å²) in [5, 5.41) is 3.24. The van der Waals surface area contributed by atoms with E-state index in [1.807, 2.05) is 0 Å². The van der Waals surface area contributed by atoms with Crippen LogP contribution >= 0.6 is 24.0 Å². The highest BCUT2D eigenvalue weighted by molar-refractivity contribution is 14.0.